The minimum Gasteiger partial charge on any atom is -0.480 e. The lowest BCUT2D eigenvalue weighted by molar-refractivity contribution is -0.142. The van der Waals surface area contributed by atoms with E-state index < -0.39 is 12.0 Å². The molecule has 0 radical (unpaired) electrons. The maximum Gasteiger partial charge on any atom is 0.320 e. The standard InChI is InChI=1S/C9H11NO2/c1-4-6-10(7-5-2)8(3)9(11)12/h1-2,8H,6-7H2,3H3,(H,11,12). The molecule has 1 unspecified atom stereocenters. The Hall–Kier alpha value is -1.45. The number of carboxylic acids is 1. The van der Waals surface area contributed by atoms with Gasteiger partial charge in [-0.1, -0.05) is 11.8 Å². The quantitative estimate of drug-likeness (QED) is 0.597. The van der Waals surface area contributed by atoms with Gasteiger partial charge in [-0.05, 0) is 6.92 Å². The fourth-order valence-electron chi connectivity index (χ4n) is 0.720. The third-order valence-corrected chi connectivity index (χ3v) is 1.49. The van der Waals surface area contributed by atoms with Gasteiger partial charge in [-0.25, -0.2) is 0 Å². The molecule has 0 saturated heterocycles. The summed E-state index contributed by atoms with van der Waals surface area (Å²) in [6, 6.07) is -0.628. The van der Waals surface area contributed by atoms with Gasteiger partial charge in [0.25, 0.3) is 0 Å². The van der Waals surface area contributed by atoms with Crippen molar-refractivity contribution in [3.05, 3.63) is 0 Å². The van der Waals surface area contributed by atoms with Crippen LogP contribution in [0.3, 0.4) is 0 Å². The maximum absolute atomic E-state index is 10.5. The first kappa shape index (κ1) is 10.6. The Morgan fingerprint density at radius 2 is 1.92 bits per heavy atom. The summed E-state index contributed by atoms with van der Waals surface area (Å²) in [5.74, 6) is 3.79. The molecule has 0 amide bonds. The summed E-state index contributed by atoms with van der Waals surface area (Å²) in [4.78, 5) is 12.0. The molecule has 0 aromatic heterocycles. The molecule has 1 N–H and O–H groups in total. The predicted molar refractivity (Wildman–Crippen MR) is 46.3 cm³/mol. The highest BCUT2D eigenvalue weighted by molar-refractivity contribution is 5.72. The van der Waals surface area contributed by atoms with E-state index in [1.54, 1.807) is 6.92 Å². The molecule has 0 aliphatic rings. The maximum atomic E-state index is 10.5. The van der Waals surface area contributed by atoms with Crippen molar-refractivity contribution in [3.8, 4) is 24.7 Å². The van der Waals surface area contributed by atoms with Crippen LogP contribution in [0.15, 0.2) is 0 Å². The van der Waals surface area contributed by atoms with E-state index in [-0.39, 0.29) is 13.1 Å². The highest BCUT2D eigenvalue weighted by Crippen LogP contribution is 1.96. The number of carbonyl (C=O) groups is 1. The largest absolute Gasteiger partial charge is 0.480 e. The number of terminal acetylenes is 2. The van der Waals surface area contributed by atoms with Crippen LogP contribution in [0.5, 0.6) is 0 Å². The van der Waals surface area contributed by atoms with E-state index in [1.165, 1.54) is 4.90 Å². The topological polar surface area (TPSA) is 40.5 Å². The Balaban J connectivity index is 4.22. The Kier molecular flexibility index (Phi) is 4.60. The predicted octanol–water partition coefficient (Wildman–Crippen LogP) is 0.0279. The van der Waals surface area contributed by atoms with Gasteiger partial charge < -0.3 is 5.11 Å². The molecule has 0 saturated carbocycles. The number of nitrogens with zero attached hydrogens (tertiary/aromatic N) is 1. The highest BCUT2D eigenvalue weighted by Gasteiger charge is 2.18. The average Bonchev–Trinajstić information content (AvgIpc) is 2.03. The summed E-state index contributed by atoms with van der Waals surface area (Å²) in [6.07, 6.45) is 10.1. The van der Waals surface area contributed by atoms with Crippen molar-refractivity contribution < 1.29 is 9.90 Å². The molecular formula is C9H11NO2. The van der Waals surface area contributed by atoms with Gasteiger partial charge in [0.1, 0.15) is 6.04 Å². The van der Waals surface area contributed by atoms with Crippen LogP contribution in [0.2, 0.25) is 0 Å². The first-order chi connectivity index (χ1) is 5.63. The van der Waals surface area contributed by atoms with E-state index >= 15 is 0 Å². The zero-order chi connectivity index (χ0) is 9.56. The monoisotopic (exact) mass is 165 g/mol. The van der Waals surface area contributed by atoms with Crippen LogP contribution in [0, 0.1) is 24.7 Å². The number of rotatable bonds is 4. The van der Waals surface area contributed by atoms with Gasteiger partial charge in [-0.2, -0.15) is 0 Å². The fraction of sp³-hybridized carbons (Fsp3) is 0.444. The van der Waals surface area contributed by atoms with E-state index in [0.717, 1.165) is 0 Å². The minimum atomic E-state index is -0.916. The lowest BCUT2D eigenvalue weighted by Crippen LogP contribution is -2.39. The molecule has 0 aliphatic heterocycles. The molecule has 3 nitrogen and oxygen atoms in total. The van der Waals surface area contributed by atoms with Gasteiger partial charge in [0.2, 0.25) is 0 Å². The number of hydrogen-bond acceptors (Lipinski definition) is 2. The summed E-state index contributed by atoms with van der Waals surface area (Å²) in [7, 11) is 0. The summed E-state index contributed by atoms with van der Waals surface area (Å²) in [5, 5.41) is 8.63. The smallest absolute Gasteiger partial charge is 0.320 e. The van der Waals surface area contributed by atoms with E-state index in [0.29, 0.717) is 0 Å². The second-order valence-corrected chi connectivity index (χ2v) is 2.33. The SMILES string of the molecule is C#CCN(CC#C)C(C)C(=O)O. The minimum absolute atomic E-state index is 0.262. The van der Waals surface area contributed by atoms with Crippen molar-refractivity contribution >= 4 is 5.97 Å². The lowest BCUT2D eigenvalue weighted by atomic mass is 10.3. The Bertz CT molecular complexity index is 218. The molecule has 0 bridgehead atoms. The number of hydrogen-bond donors (Lipinski definition) is 1. The third kappa shape index (κ3) is 3.09. The Labute approximate surface area is 72.4 Å². The van der Waals surface area contributed by atoms with Gasteiger partial charge >= 0.3 is 5.97 Å². The van der Waals surface area contributed by atoms with Gasteiger partial charge in [0.15, 0.2) is 0 Å². The molecule has 0 aromatic carbocycles. The van der Waals surface area contributed by atoms with Crippen molar-refractivity contribution in [1.29, 1.82) is 0 Å². The van der Waals surface area contributed by atoms with Crippen LogP contribution < -0.4 is 0 Å². The summed E-state index contributed by atoms with van der Waals surface area (Å²) in [6.45, 7) is 2.08. The van der Waals surface area contributed by atoms with Gasteiger partial charge in [0, 0.05) is 0 Å². The highest BCUT2D eigenvalue weighted by atomic mass is 16.4. The molecule has 0 spiro atoms. The molecule has 0 fully saturated rings. The summed E-state index contributed by atoms with van der Waals surface area (Å²) >= 11 is 0. The molecule has 0 rings (SSSR count). The molecule has 3 heteroatoms. The van der Waals surface area contributed by atoms with Crippen LogP contribution in [0.25, 0.3) is 0 Å². The van der Waals surface area contributed by atoms with Crippen molar-refractivity contribution in [3.63, 3.8) is 0 Å². The molecule has 0 aliphatic carbocycles. The molecule has 0 heterocycles. The molecule has 1 atom stereocenters. The summed E-state index contributed by atoms with van der Waals surface area (Å²) < 4.78 is 0. The molecular weight excluding hydrogens is 154 g/mol. The fourth-order valence-corrected chi connectivity index (χ4v) is 0.720. The second kappa shape index (κ2) is 5.23. The number of carboxylic acid groups (broad SMARTS) is 1. The second-order valence-electron chi connectivity index (χ2n) is 2.33. The first-order valence-corrected chi connectivity index (χ1v) is 3.47. The van der Waals surface area contributed by atoms with Crippen molar-refractivity contribution in [2.24, 2.45) is 0 Å². The van der Waals surface area contributed by atoms with Crippen LogP contribution in [-0.4, -0.2) is 35.1 Å². The first-order valence-electron chi connectivity index (χ1n) is 3.47. The van der Waals surface area contributed by atoms with Gasteiger partial charge in [-0.15, -0.1) is 12.8 Å². The Morgan fingerprint density at radius 3 is 2.17 bits per heavy atom. The van der Waals surface area contributed by atoms with Crippen LogP contribution in [0.4, 0.5) is 0 Å². The number of aliphatic carboxylic acids is 1. The van der Waals surface area contributed by atoms with E-state index in [2.05, 4.69) is 11.8 Å². The van der Waals surface area contributed by atoms with Gasteiger partial charge in [-0.3, -0.25) is 9.69 Å². The van der Waals surface area contributed by atoms with Crippen molar-refractivity contribution in [2.45, 2.75) is 13.0 Å². The zero-order valence-electron chi connectivity index (χ0n) is 6.95. The zero-order valence-corrected chi connectivity index (χ0v) is 6.95. The molecule has 12 heavy (non-hydrogen) atoms. The van der Waals surface area contributed by atoms with E-state index in [9.17, 15) is 4.79 Å². The van der Waals surface area contributed by atoms with Crippen molar-refractivity contribution in [2.75, 3.05) is 13.1 Å². The average molecular weight is 165 g/mol. The van der Waals surface area contributed by atoms with Crippen LogP contribution >= 0.6 is 0 Å². The normalized spacial score (nSPS) is 11.7. The van der Waals surface area contributed by atoms with Crippen molar-refractivity contribution in [1.82, 2.24) is 4.90 Å². The molecule has 64 valence electrons. The third-order valence-electron chi connectivity index (χ3n) is 1.49. The summed E-state index contributed by atoms with van der Waals surface area (Å²) in [5.41, 5.74) is 0. The lowest BCUT2D eigenvalue weighted by Gasteiger charge is -2.20. The Morgan fingerprint density at radius 1 is 1.50 bits per heavy atom. The van der Waals surface area contributed by atoms with Crippen LogP contribution in [0.1, 0.15) is 6.92 Å². The van der Waals surface area contributed by atoms with Gasteiger partial charge in [0.05, 0.1) is 13.1 Å². The van der Waals surface area contributed by atoms with E-state index in [1.807, 2.05) is 0 Å². The van der Waals surface area contributed by atoms with E-state index in [4.69, 9.17) is 18.0 Å². The molecule has 0 aromatic rings. The van der Waals surface area contributed by atoms with Crippen LogP contribution in [-0.2, 0) is 4.79 Å².